The Morgan fingerprint density at radius 3 is 2.00 bits per heavy atom. The van der Waals surface area contributed by atoms with E-state index in [1.165, 1.54) is 12.5 Å². The van der Waals surface area contributed by atoms with Crippen molar-refractivity contribution in [3.8, 4) is 0 Å². The Kier molecular flexibility index (Phi) is 3.98. The van der Waals surface area contributed by atoms with Crippen LogP contribution in [0, 0.1) is 0 Å². The minimum atomic E-state index is -1.54. The van der Waals surface area contributed by atoms with Crippen LogP contribution in [0.15, 0.2) is 0 Å². The van der Waals surface area contributed by atoms with Crippen LogP contribution in [0.4, 0.5) is 0 Å². The number of hydrogen-bond donors (Lipinski definition) is 0. The van der Waals surface area contributed by atoms with Crippen LogP contribution in [-0.2, 0) is 4.43 Å². The summed E-state index contributed by atoms with van der Waals surface area (Å²) in [6.07, 6.45) is 1.29. The fourth-order valence-electron chi connectivity index (χ4n) is 3.80. The minimum Gasteiger partial charge on any atom is -0.415 e. The normalized spacial score (nSPS) is 36.5. The van der Waals surface area contributed by atoms with E-state index in [0.717, 1.165) is 5.54 Å². The van der Waals surface area contributed by atoms with Gasteiger partial charge in [-0.25, -0.2) is 0 Å². The van der Waals surface area contributed by atoms with Gasteiger partial charge in [-0.1, -0.05) is 46.5 Å². The van der Waals surface area contributed by atoms with E-state index in [1.807, 2.05) is 0 Å². The SMILES string of the molecule is CCC(C)[Si]1(C)OC(C)(C)C[Si](C)(C)[Si]1(C)C. The Morgan fingerprint density at radius 1 is 1.12 bits per heavy atom. The largest absolute Gasteiger partial charge is 0.415 e. The highest BCUT2D eigenvalue weighted by molar-refractivity contribution is 7.68. The quantitative estimate of drug-likeness (QED) is 0.667. The summed E-state index contributed by atoms with van der Waals surface area (Å²) in [5, 5.41) is 0. The molecule has 0 saturated carbocycles. The van der Waals surface area contributed by atoms with Crippen molar-refractivity contribution >= 4 is 22.5 Å². The van der Waals surface area contributed by atoms with Crippen molar-refractivity contribution in [3.05, 3.63) is 0 Å². The first-order valence-electron chi connectivity index (χ1n) is 7.10. The van der Waals surface area contributed by atoms with Crippen molar-refractivity contribution in [2.45, 2.75) is 84.0 Å². The minimum absolute atomic E-state index is 0.142. The maximum atomic E-state index is 6.80. The second-order valence-corrected chi connectivity index (χ2v) is 34.8. The van der Waals surface area contributed by atoms with Crippen molar-refractivity contribution < 1.29 is 4.43 Å². The zero-order chi connectivity index (χ0) is 13.7. The van der Waals surface area contributed by atoms with Crippen molar-refractivity contribution in [2.75, 3.05) is 0 Å². The molecule has 1 fully saturated rings. The Bertz CT molecular complexity index is 299. The zero-order valence-corrected chi connectivity index (χ0v) is 16.4. The molecule has 1 saturated heterocycles. The van der Waals surface area contributed by atoms with Crippen molar-refractivity contribution in [1.82, 2.24) is 0 Å². The van der Waals surface area contributed by atoms with Gasteiger partial charge in [-0.3, -0.25) is 0 Å². The lowest BCUT2D eigenvalue weighted by atomic mass is 10.2. The Labute approximate surface area is 111 Å². The first-order valence-corrected chi connectivity index (χ1v) is 17.8. The Balaban J connectivity index is 3.26. The first kappa shape index (κ1) is 15.7. The van der Waals surface area contributed by atoms with E-state index in [1.54, 1.807) is 0 Å². The molecule has 2 atom stereocenters. The summed E-state index contributed by atoms with van der Waals surface area (Å²) in [6.45, 7) is 22.6. The lowest BCUT2D eigenvalue weighted by Gasteiger charge is -2.60. The monoisotopic (exact) mass is 288 g/mol. The van der Waals surface area contributed by atoms with Crippen LogP contribution in [-0.4, -0.2) is 28.1 Å². The van der Waals surface area contributed by atoms with Crippen LogP contribution in [0.2, 0.25) is 44.3 Å². The van der Waals surface area contributed by atoms with Crippen LogP contribution in [0.25, 0.3) is 0 Å². The maximum absolute atomic E-state index is 6.80. The molecule has 0 bridgehead atoms. The van der Waals surface area contributed by atoms with Gasteiger partial charge in [0.2, 0.25) is 0 Å². The number of hydrogen-bond acceptors (Lipinski definition) is 1. The summed E-state index contributed by atoms with van der Waals surface area (Å²) in [4.78, 5) is 0. The molecule has 17 heavy (non-hydrogen) atoms. The highest BCUT2D eigenvalue weighted by Gasteiger charge is 2.63. The molecule has 1 nitrogen and oxygen atoms in total. The molecule has 102 valence electrons. The molecule has 0 N–H and O–H groups in total. The summed E-state index contributed by atoms with van der Waals surface area (Å²) < 4.78 is 6.80. The van der Waals surface area contributed by atoms with E-state index in [0.29, 0.717) is 0 Å². The molecular weight excluding hydrogens is 256 g/mol. The van der Waals surface area contributed by atoms with Gasteiger partial charge >= 0.3 is 0 Å². The van der Waals surface area contributed by atoms with E-state index >= 15 is 0 Å². The second kappa shape index (κ2) is 4.32. The molecule has 0 spiro atoms. The molecule has 0 aromatic rings. The predicted molar refractivity (Wildman–Crippen MR) is 86.3 cm³/mol. The van der Waals surface area contributed by atoms with Crippen molar-refractivity contribution in [2.24, 2.45) is 0 Å². The summed E-state index contributed by atoms with van der Waals surface area (Å²) >= 11 is 0. The molecular formula is C13H32OSi3. The highest BCUT2D eigenvalue weighted by atomic mass is 29.6. The summed E-state index contributed by atoms with van der Waals surface area (Å²) in [5.41, 5.74) is 0.957. The number of rotatable bonds is 2. The molecule has 0 aliphatic carbocycles. The second-order valence-electron chi connectivity index (χ2n) is 7.96. The van der Waals surface area contributed by atoms with Crippen LogP contribution < -0.4 is 0 Å². The highest BCUT2D eigenvalue weighted by Crippen LogP contribution is 2.48. The van der Waals surface area contributed by atoms with Gasteiger partial charge in [-0.2, -0.15) is 0 Å². The molecule has 0 amide bonds. The van der Waals surface area contributed by atoms with E-state index in [-0.39, 0.29) is 5.60 Å². The fraction of sp³-hybridized carbons (Fsp3) is 1.00. The van der Waals surface area contributed by atoms with Gasteiger partial charge in [0, 0.05) is 13.2 Å². The van der Waals surface area contributed by atoms with E-state index in [4.69, 9.17) is 4.43 Å². The fourth-order valence-corrected chi connectivity index (χ4v) is 39.7. The van der Waals surface area contributed by atoms with Gasteiger partial charge in [0.15, 0.2) is 7.83 Å². The average Bonchev–Trinajstić information content (AvgIpc) is 2.11. The Morgan fingerprint density at radius 2 is 1.59 bits per heavy atom. The van der Waals surface area contributed by atoms with Crippen LogP contribution in [0.3, 0.4) is 0 Å². The molecule has 2 unspecified atom stereocenters. The average molecular weight is 289 g/mol. The summed E-state index contributed by atoms with van der Waals surface area (Å²) in [5.74, 6) is 0. The third-order valence-electron chi connectivity index (χ3n) is 5.84. The zero-order valence-electron chi connectivity index (χ0n) is 13.4. The van der Waals surface area contributed by atoms with E-state index in [9.17, 15) is 0 Å². The van der Waals surface area contributed by atoms with E-state index in [2.05, 4.69) is 60.4 Å². The van der Waals surface area contributed by atoms with Gasteiger partial charge in [0.25, 0.3) is 0 Å². The molecule has 4 heteroatoms. The van der Waals surface area contributed by atoms with Crippen LogP contribution in [0.1, 0.15) is 34.1 Å². The molecule has 0 aromatic carbocycles. The molecule has 0 radical (unpaired) electrons. The van der Waals surface area contributed by atoms with Crippen molar-refractivity contribution in [3.63, 3.8) is 0 Å². The van der Waals surface area contributed by atoms with Gasteiger partial charge in [0.1, 0.15) is 0 Å². The van der Waals surface area contributed by atoms with Crippen LogP contribution in [0.5, 0.6) is 0 Å². The van der Waals surface area contributed by atoms with Gasteiger partial charge in [-0.15, -0.1) is 0 Å². The first-order chi connectivity index (χ1) is 7.40. The molecule has 1 aliphatic heterocycles. The third-order valence-corrected chi connectivity index (χ3v) is 47.2. The molecule has 1 aliphatic rings. The lowest BCUT2D eigenvalue weighted by molar-refractivity contribution is 0.117. The topological polar surface area (TPSA) is 9.23 Å². The lowest BCUT2D eigenvalue weighted by Crippen LogP contribution is -2.79. The van der Waals surface area contributed by atoms with E-state index < -0.39 is 22.5 Å². The van der Waals surface area contributed by atoms with Gasteiger partial charge in [0.05, 0.1) is 7.11 Å². The summed E-state index contributed by atoms with van der Waals surface area (Å²) in [7, 11) is -3.82. The standard InChI is InChI=1S/C13H32OSi3/c1-10-12(2)17(9)14-13(3,4)11-15(5,6)16(17,7)8/h12H,10-11H2,1-9H3. The molecule has 0 aromatic heterocycles. The summed E-state index contributed by atoms with van der Waals surface area (Å²) in [6, 6.07) is 1.36. The van der Waals surface area contributed by atoms with Crippen LogP contribution >= 0.6 is 0 Å². The molecule has 1 heterocycles. The van der Waals surface area contributed by atoms with Crippen molar-refractivity contribution in [1.29, 1.82) is 0 Å². The molecule has 1 rings (SSSR count). The Hall–Kier alpha value is 0.611. The predicted octanol–water partition coefficient (Wildman–Crippen LogP) is 4.74. The van der Waals surface area contributed by atoms with Gasteiger partial charge < -0.3 is 4.43 Å². The maximum Gasteiger partial charge on any atom is 0.177 e. The van der Waals surface area contributed by atoms with Gasteiger partial charge in [-0.05, 0) is 32.0 Å². The smallest absolute Gasteiger partial charge is 0.177 e. The third kappa shape index (κ3) is 2.38.